The lowest BCUT2D eigenvalue weighted by molar-refractivity contribution is -0.0860. The second kappa shape index (κ2) is 7.93. The monoisotopic (exact) mass is 421 g/mol. The van der Waals surface area contributed by atoms with Gasteiger partial charge in [0.05, 0.1) is 12.1 Å². The number of ketones is 1. The van der Waals surface area contributed by atoms with Crippen LogP contribution in [-0.4, -0.2) is 45.9 Å². The summed E-state index contributed by atoms with van der Waals surface area (Å²) in [5, 5.41) is 3.99. The SMILES string of the molecule is Cc1ccccc1NC1=NC(=S)N(CC(=O)c2ccccc2)C12CCOC(C)(C)C2. The van der Waals surface area contributed by atoms with Gasteiger partial charge in [-0.15, -0.1) is 0 Å². The van der Waals surface area contributed by atoms with E-state index in [0.29, 0.717) is 23.7 Å². The number of benzene rings is 2. The van der Waals surface area contributed by atoms with Gasteiger partial charge in [-0.25, -0.2) is 4.99 Å². The molecule has 0 bridgehead atoms. The largest absolute Gasteiger partial charge is 0.375 e. The van der Waals surface area contributed by atoms with Crippen molar-refractivity contribution in [1.29, 1.82) is 0 Å². The highest BCUT2D eigenvalue weighted by molar-refractivity contribution is 7.80. The molecule has 1 saturated heterocycles. The Morgan fingerprint density at radius 2 is 1.87 bits per heavy atom. The number of nitrogens with zero attached hydrogens (tertiary/aromatic N) is 2. The van der Waals surface area contributed by atoms with Crippen molar-refractivity contribution in [3.63, 3.8) is 0 Å². The van der Waals surface area contributed by atoms with Gasteiger partial charge in [0, 0.05) is 30.7 Å². The molecule has 0 saturated carbocycles. The average Bonchev–Trinajstić information content (AvgIpc) is 2.94. The van der Waals surface area contributed by atoms with E-state index in [1.54, 1.807) is 0 Å². The van der Waals surface area contributed by atoms with E-state index in [1.165, 1.54) is 0 Å². The molecule has 2 heterocycles. The molecule has 6 heteroatoms. The molecule has 2 aromatic rings. The summed E-state index contributed by atoms with van der Waals surface area (Å²) in [6.45, 7) is 7.00. The number of amidine groups is 1. The molecule has 1 fully saturated rings. The summed E-state index contributed by atoms with van der Waals surface area (Å²) in [6, 6.07) is 17.5. The molecule has 1 N–H and O–H groups in total. The van der Waals surface area contributed by atoms with Crippen LogP contribution >= 0.6 is 12.2 Å². The number of aryl methyl sites for hydroxylation is 1. The van der Waals surface area contributed by atoms with Crippen LogP contribution < -0.4 is 5.32 Å². The maximum atomic E-state index is 13.0. The lowest BCUT2D eigenvalue weighted by Crippen LogP contribution is -2.61. The van der Waals surface area contributed by atoms with Gasteiger partial charge in [-0.1, -0.05) is 48.5 Å². The minimum absolute atomic E-state index is 0.0361. The van der Waals surface area contributed by atoms with Crippen LogP contribution in [-0.2, 0) is 4.74 Å². The zero-order chi connectivity index (χ0) is 21.4. The first-order valence-electron chi connectivity index (χ1n) is 10.3. The van der Waals surface area contributed by atoms with Crippen LogP contribution in [0.25, 0.3) is 0 Å². The molecule has 1 spiro atoms. The van der Waals surface area contributed by atoms with Crippen LogP contribution in [0.15, 0.2) is 59.6 Å². The lowest BCUT2D eigenvalue weighted by atomic mass is 9.79. The van der Waals surface area contributed by atoms with Crippen molar-refractivity contribution in [3.05, 3.63) is 65.7 Å². The fourth-order valence-corrected chi connectivity index (χ4v) is 4.74. The topological polar surface area (TPSA) is 53.9 Å². The number of aliphatic imine (C=N–C) groups is 1. The predicted octanol–water partition coefficient (Wildman–Crippen LogP) is 4.62. The van der Waals surface area contributed by atoms with Gasteiger partial charge in [-0.3, -0.25) is 4.79 Å². The molecular formula is C24H27N3O2S. The van der Waals surface area contributed by atoms with Crippen LogP contribution in [0.1, 0.15) is 42.6 Å². The van der Waals surface area contributed by atoms with E-state index in [-0.39, 0.29) is 17.9 Å². The van der Waals surface area contributed by atoms with E-state index in [1.807, 2.05) is 53.4 Å². The summed E-state index contributed by atoms with van der Waals surface area (Å²) in [6.07, 6.45) is 1.41. The fraction of sp³-hybridized carbons (Fsp3) is 0.375. The first kappa shape index (κ1) is 20.7. The summed E-state index contributed by atoms with van der Waals surface area (Å²) >= 11 is 5.67. The van der Waals surface area contributed by atoms with Crippen LogP contribution in [0.4, 0.5) is 5.69 Å². The Labute approximate surface area is 183 Å². The minimum Gasteiger partial charge on any atom is -0.375 e. The number of para-hydroxylation sites is 1. The summed E-state index contributed by atoms with van der Waals surface area (Å²) in [5.74, 6) is 0.841. The first-order chi connectivity index (χ1) is 14.3. The highest BCUT2D eigenvalue weighted by Crippen LogP contribution is 2.41. The van der Waals surface area contributed by atoms with E-state index in [9.17, 15) is 4.79 Å². The van der Waals surface area contributed by atoms with Gasteiger partial charge in [0.25, 0.3) is 0 Å². The van der Waals surface area contributed by atoms with Crippen LogP contribution in [0.3, 0.4) is 0 Å². The Kier molecular flexibility index (Phi) is 5.47. The van der Waals surface area contributed by atoms with Crippen molar-refractivity contribution in [1.82, 2.24) is 4.90 Å². The Balaban J connectivity index is 1.69. The van der Waals surface area contributed by atoms with Crippen molar-refractivity contribution in [3.8, 4) is 0 Å². The summed E-state index contributed by atoms with van der Waals surface area (Å²) in [4.78, 5) is 19.8. The zero-order valence-electron chi connectivity index (χ0n) is 17.6. The number of Topliss-reactive ketones (excluding diaryl/α,β-unsaturated/α-hetero) is 1. The summed E-state index contributed by atoms with van der Waals surface area (Å²) in [7, 11) is 0. The lowest BCUT2D eigenvalue weighted by Gasteiger charge is -2.48. The van der Waals surface area contributed by atoms with Gasteiger partial charge in [0.2, 0.25) is 0 Å². The number of hydrogen-bond donors (Lipinski definition) is 1. The van der Waals surface area contributed by atoms with E-state index < -0.39 is 5.54 Å². The van der Waals surface area contributed by atoms with E-state index in [0.717, 1.165) is 23.5 Å². The van der Waals surface area contributed by atoms with Crippen molar-refractivity contribution in [2.45, 2.75) is 44.8 Å². The van der Waals surface area contributed by atoms with Gasteiger partial charge in [-0.05, 0) is 44.6 Å². The number of ether oxygens (including phenoxy) is 1. The second-order valence-corrected chi connectivity index (χ2v) is 8.99. The third kappa shape index (κ3) is 3.89. The predicted molar refractivity (Wildman–Crippen MR) is 124 cm³/mol. The molecular weight excluding hydrogens is 394 g/mol. The molecule has 2 aliphatic heterocycles. The van der Waals surface area contributed by atoms with Crippen LogP contribution in [0.2, 0.25) is 0 Å². The number of anilines is 1. The number of nitrogens with one attached hydrogen (secondary N) is 1. The molecule has 5 nitrogen and oxygen atoms in total. The molecule has 2 aromatic carbocycles. The normalized spacial score (nSPS) is 22.8. The van der Waals surface area contributed by atoms with Crippen LogP contribution in [0, 0.1) is 6.92 Å². The van der Waals surface area contributed by atoms with E-state index in [2.05, 4.69) is 32.2 Å². The molecule has 1 atom stereocenters. The fourth-order valence-electron chi connectivity index (χ4n) is 4.41. The molecule has 0 aromatic heterocycles. The Morgan fingerprint density at radius 1 is 1.17 bits per heavy atom. The molecule has 1 unspecified atom stereocenters. The number of carbonyl (C=O) groups is 1. The molecule has 30 heavy (non-hydrogen) atoms. The summed E-state index contributed by atoms with van der Waals surface area (Å²) < 4.78 is 6.01. The van der Waals surface area contributed by atoms with Gasteiger partial charge < -0.3 is 15.0 Å². The molecule has 0 radical (unpaired) electrons. The Bertz CT molecular complexity index is 1000. The number of rotatable bonds is 4. The third-order valence-electron chi connectivity index (χ3n) is 5.92. The van der Waals surface area contributed by atoms with E-state index in [4.69, 9.17) is 21.9 Å². The molecule has 2 aliphatic rings. The van der Waals surface area contributed by atoms with E-state index >= 15 is 0 Å². The van der Waals surface area contributed by atoms with Crippen molar-refractivity contribution in [2.24, 2.45) is 4.99 Å². The third-order valence-corrected chi connectivity index (χ3v) is 6.23. The molecule has 4 rings (SSSR count). The zero-order valence-corrected chi connectivity index (χ0v) is 18.5. The van der Waals surface area contributed by atoms with Crippen molar-refractivity contribution < 1.29 is 9.53 Å². The number of hydrogen-bond acceptors (Lipinski definition) is 4. The first-order valence-corrected chi connectivity index (χ1v) is 10.7. The second-order valence-electron chi connectivity index (χ2n) is 8.62. The van der Waals surface area contributed by atoms with Gasteiger partial charge in [0.1, 0.15) is 11.4 Å². The maximum Gasteiger partial charge on any atom is 0.198 e. The van der Waals surface area contributed by atoms with Gasteiger partial charge in [0.15, 0.2) is 10.9 Å². The average molecular weight is 422 g/mol. The summed E-state index contributed by atoms with van der Waals surface area (Å²) in [5.41, 5.74) is 1.97. The maximum absolute atomic E-state index is 13.0. The molecule has 0 aliphatic carbocycles. The van der Waals surface area contributed by atoms with Gasteiger partial charge >= 0.3 is 0 Å². The highest BCUT2D eigenvalue weighted by Gasteiger charge is 2.53. The molecule has 156 valence electrons. The molecule has 0 amide bonds. The number of thiocarbonyl (C=S) groups is 1. The van der Waals surface area contributed by atoms with Gasteiger partial charge in [-0.2, -0.15) is 0 Å². The van der Waals surface area contributed by atoms with Crippen molar-refractivity contribution in [2.75, 3.05) is 18.5 Å². The highest BCUT2D eigenvalue weighted by atomic mass is 32.1. The number of carbonyl (C=O) groups excluding carboxylic acids is 1. The van der Waals surface area contributed by atoms with Crippen LogP contribution in [0.5, 0.6) is 0 Å². The Morgan fingerprint density at radius 3 is 2.57 bits per heavy atom. The van der Waals surface area contributed by atoms with Crippen molar-refractivity contribution >= 4 is 34.6 Å². The minimum atomic E-state index is -0.494. The Hall–Kier alpha value is -2.57. The standard InChI is InChI=1S/C24H27N3O2S/c1-17-9-7-8-12-19(17)25-21-24(13-14-29-23(2,3)16-24)27(22(30)26-21)15-20(28)18-10-5-4-6-11-18/h4-12H,13-16H2,1-3H3,(H,25,26,30). The smallest absolute Gasteiger partial charge is 0.198 e. The quantitative estimate of drug-likeness (QED) is 0.577.